The molecule has 2 aliphatic rings. The van der Waals surface area contributed by atoms with Gasteiger partial charge in [-0.3, -0.25) is 0 Å². The zero-order valence-electron chi connectivity index (χ0n) is 33.7. The summed E-state index contributed by atoms with van der Waals surface area (Å²) < 4.78 is 2.58. The summed E-state index contributed by atoms with van der Waals surface area (Å²) in [5.41, 5.74) is 16.7. The van der Waals surface area contributed by atoms with E-state index in [2.05, 4.69) is 240 Å². The lowest BCUT2D eigenvalue weighted by Gasteiger charge is -2.34. The molecule has 0 amide bonds. The Morgan fingerprint density at radius 1 is 0.339 bits per heavy atom. The molecule has 0 N–H and O–H groups in total. The molecule has 0 saturated heterocycles. The number of para-hydroxylation sites is 3. The highest BCUT2D eigenvalue weighted by atomic mass is 32.1. The number of thiophene rings is 1. The molecule has 2 nitrogen and oxygen atoms in total. The molecule has 1 heterocycles. The summed E-state index contributed by atoms with van der Waals surface area (Å²) in [6.07, 6.45) is 0. The first-order valence-electron chi connectivity index (χ1n) is 21.4. The molecule has 0 aliphatic heterocycles. The van der Waals surface area contributed by atoms with Crippen LogP contribution >= 0.6 is 11.3 Å². The van der Waals surface area contributed by atoms with Crippen molar-refractivity contribution in [2.75, 3.05) is 9.80 Å². The maximum Gasteiger partial charge on any atom is 0.0727 e. The Hall–Kier alpha value is -7.72. The minimum absolute atomic E-state index is 0.586. The standard InChI is InChI=1S/C59H38N2S/c1-4-20-40(21-5-1)60(41-22-6-2-7-23-41)43-35-36-46-45-27-12-15-31-50(45)59(52(46)38-43)51-32-16-13-29-49(51)56-53(59)37-39-19-10-11-26-44(39)57(56)61(42-24-8-3-9-25-42)54-33-18-30-48-47-28-14-17-34-55(47)62-58(48)54/h1-38H. The van der Waals surface area contributed by atoms with Gasteiger partial charge in [0, 0.05) is 49.2 Å². The highest BCUT2D eigenvalue weighted by molar-refractivity contribution is 7.26. The van der Waals surface area contributed by atoms with Gasteiger partial charge < -0.3 is 9.80 Å². The van der Waals surface area contributed by atoms with E-state index in [4.69, 9.17) is 0 Å². The first-order chi connectivity index (χ1) is 30.8. The molecule has 10 aromatic carbocycles. The number of hydrogen-bond acceptors (Lipinski definition) is 3. The van der Waals surface area contributed by atoms with Crippen LogP contribution in [-0.2, 0) is 5.41 Å². The Bertz CT molecular complexity index is 3500. The summed E-state index contributed by atoms with van der Waals surface area (Å²) in [5, 5.41) is 5.02. The highest BCUT2D eigenvalue weighted by Gasteiger charge is 2.53. The van der Waals surface area contributed by atoms with Gasteiger partial charge in [-0.15, -0.1) is 11.3 Å². The quantitative estimate of drug-likeness (QED) is 0.165. The number of anilines is 6. The normalized spacial score (nSPS) is 14.5. The molecular weight excluding hydrogens is 769 g/mol. The molecule has 0 bridgehead atoms. The topological polar surface area (TPSA) is 6.48 Å². The van der Waals surface area contributed by atoms with Crippen molar-refractivity contribution < 1.29 is 0 Å². The van der Waals surface area contributed by atoms with Gasteiger partial charge in [-0.2, -0.15) is 0 Å². The summed E-state index contributed by atoms with van der Waals surface area (Å²) >= 11 is 1.88. The summed E-state index contributed by atoms with van der Waals surface area (Å²) in [6.45, 7) is 0. The van der Waals surface area contributed by atoms with E-state index in [0.717, 1.165) is 22.7 Å². The minimum Gasteiger partial charge on any atom is -0.310 e. The van der Waals surface area contributed by atoms with Crippen molar-refractivity contribution in [1.82, 2.24) is 0 Å². The van der Waals surface area contributed by atoms with Crippen molar-refractivity contribution in [3.8, 4) is 22.3 Å². The van der Waals surface area contributed by atoms with Crippen molar-refractivity contribution in [2.24, 2.45) is 0 Å². The van der Waals surface area contributed by atoms with Crippen LogP contribution < -0.4 is 9.80 Å². The molecule has 11 aromatic rings. The van der Waals surface area contributed by atoms with E-state index in [1.54, 1.807) is 0 Å². The molecule has 290 valence electrons. The molecule has 13 rings (SSSR count). The monoisotopic (exact) mass is 806 g/mol. The van der Waals surface area contributed by atoms with Gasteiger partial charge in [0.2, 0.25) is 0 Å². The fourth-order valence-corrected chi connectivity index (χ4v) is 12.0. The predicted octanol–water partition coefficient (Wildman–Crippen LogP) is 16.5. The molecule has 1 spiro atoms. The van der Waals surface area contributed by atoms with Crippen LogP contribution in [-0.4, -0.2) is 0 Å². The summed E-state index contributed by atoms with van der Waals surface area (Å²) in [5.74, 6) is 0. The Balaban J connectivity index is 1.16. The van der Waals surface area contributed by atoms with Crippen LogP contribution in [0.1, 0.15) is 22.3 Å². The lowest BCUT2D eigenvalue weighted by Crippen LogP contribution is -2.26. The fraction of sp³-hybridized carbons (Fsp3) is 0.0169. The minimum atomic E-state index is -0.586. The van der Waals surface area contributed by atoms with E-state index >= 15 is 0 Å². The number of nitrogens with zero attached hydrogens (tertiary/aromatic N) is 2. The van der Waals surface area contributed by atoms with Crippen molar-refractivity contribution in [2.45, 2.75) is 5.41 Å². The molecular formula is C59H38N2S. The van der Waals surface area contributed by atoms with Gasteiger partial charge in [0.15, 0.2) is 0 Å². The van der Waals surface area contributed by atoms with Crippen LogP contribution in [0.15, 0.2) is 231 Å². The van der Waals surface area contributed by atoms with Crippen molar-refractivity contribution in [1.29, 1.82) is 0 Å². The lowest BCUT2D eigenvalue weighted by atomic mass is 9.70. The predicted molar refractivity (Wildman–Crippen MR) is 263 cm³/mol. The Labute approximate surface area is 364 Å². The number of benzene rings is 10. The largest absolute Gasteiger partial charge is 0.310 e. The second-order valence-electron chi connectivity index (χ2n) is 16.4. The van der Waals surface area contributed by atoms with Crippen LogP contribution in [0.5, 0.6) is 0 Å². The molecule has 0 fully saturated rings. The molecule has 1 aromatic heterocycles. The second-order valence-corrected chi connectivity index (χ2v) is 17.4. The number of hydrogen-bond donors (Lipinski definition) is 0. The van der Waals surface area contributed by atoms with Gasteiger partial charge in [-0.05, 0) is 111 Å². The van der Waals surface area contributed by atoms with Crippen LogP contribution in [0.4, 0.5) is 34.1 Å². The Kier molecular flexibility index (Phi) is 7.72. The summed E-state index contributed by atoms with van der Waals surface area (Å²) in [7, 11) is 0. The van der Waals surface area contributed by atoms with E-state index in [9.17, 15) is 0 Å². The van der Waals surface area contributed by atoms with Crippen LogP contribution in [0.3, 0.4) is 0 Å². The van der Waals surface area contributed by atoms with E-state index in [1.165, 1.54) is 86.8 Å². The molecule has 3 heteroatoms. The fourth-order valence-electron chi connectivity index (χ4n) is 10.8. The number of fused-ring (bicyclic) bond motifs is 14. The SMILES string of the molecule is c1ccc(N(c2ccccc2)c2ccc3c(c2)C2(c4ccccc4-3)c3ccccc3-c3c2cc2ccccc2c3N(c2ccccc2)c2cccc3c2sc2ccccc23)cc1. The van der Waals surface area contributed by atoms with Crippen molar-refractivity contribution in [3.63, 3.8) is 0 Å². The average molecular weight is 807 g/mol. The molecule has 0 radical (unpaired) electrons. The first-order valence-corrected chi connectivity index (χ1v) is 22.2. The van der Waals surface area contributed by atoms with Gasteiger partial charge in [-0.1, -0.05) is 164 Å². The van der Waals surface area contributed by atoms with E-state index < -0.39 is 5.41 Å². The summed E-state index contributed by atoms with van der Waals surface area (Å²) in [6, 6.07) is 85.3. The summed E-state index contributed by atoms with van der Waals surface area (Å²) in [4.78, 5) is 4.97. The molecule has 1 unspecified atom stereocenters. The second kappa shape index (κ2) is 13.7. The third-order valence-electron chi connectivity index (χ3n) is 13.2. The van der Waals surface area contributed by atoms with Crippen LogP contribution in [0, 0.1) is 0 Å². The van der Waals surface area contributed by atoms with Gasteiger partial charge in [0.25, 0.3) is 0 Å². The highest BCUT2D eigenvalue weighted by Crippen LogP contribution is 2.66. The smallest absolute Gasteiger partial charge is 0.0727 e. The van der Waals surface area contributed by atoms with E-state index in [-0.39, 0.29) is 0 Å². The third-order valence-corrected chi connectivity index (χ3v) is 14.4. The Morgan fingerprint density at radius 3 is 1.61 bits per heavy atom. The van der Waals surface area contributed by atoms with Gasteiger partial charge in [-0.25, -0.2) is 0 Å². The average Bonchev–Trinajstić information content (AvgIpc) is 3.97. The first kappa shape index (κ1) is 35.1. The zero-order valence-corrected chi connectivity index (χ0v) is 34.6. The van der Waals surface area contributed by atoms with Gasteiger partial charge >= 0.3 is 0 Å². The van der Waals surface area contributed by atoms with Crippen molar-refractivity contribution >= 4 is 76.4 Å². The van der Waals surface area contributed by atoms with Crippen LogP contribution in [0.2, 0.25) is 0 Å². The van der Waals surface area contributed by atoms with E-state index in [0.29, 0.717) is 0 Å². The van der Waals surface area contributed by atoms with E-state index in [1.807, 2.05) is 11.3 Å². The maximum atomic E-state index is 2.57. The molecule has 62 heavy (non-hydrogen) atoms. The van der Waals surface area contributed by atoms with Gasteiger partial charge in [0.1, 0.15) is 0 Å². The lowest BCUT2D eigenvalue weighted by molar-refractivity contribution is 0.795. The maximum absolute atomic E-state index is 2.57. The van der Waals surface area contributed by atoms with Crippen molar-refractivity contribution in [3.05, 3.63) is 253 Å². The number of rotatable bonds is 6. The molecule has 0 saturated carbocycles. The Morgan fingerprint density at radius 2 is 0.887 bits per heavy atom. The molecule has 1 atom stereocenters. The molecule has 2 aliphatic carbocycles. The third kappa shape index (κ3) is 4.91. The zero-order chi connectivity index (χ0) is 40.8. The van der Waals surface area contributed by atoms with Gasteiger partial charge in [0.05, 0.1) is 21.5 Å². The van der Waals surface area contributed by atoms with Crippen LogP contribution in [0.25, 0.3) is 53.2 Å².